The summed E-state index contributed by atoms with van der Waals surface area (Å²) in [6.07, 6.45) is 3.29. The van der Waals surface area contributed by atoms with Gasteiger partial charge in [0.15, 0.2) is 0 Å². The molecule has 1 aliphatic heterocycles. The Labute approximate surface area is 99.9 Å². The summed E-state index contributed by atoms with van der Waals surface area (Å²) in [5.41, 5.74) is 2.49. The standard InChI is InChI=1S/C14H15F2N/c1-9(2)14-6-5-12(17-14)7-10-3-4-11(15)8-13(10)16/h3-5,8-9H,6-7H2,1-2H3. The topological polar surface area (TPSA) is 12.4 Å². The summed E-state index contributed by atoms with van der Waals surface area (Å²) in [7, 11) is 0. The maximum absolute atomic E-state index is 13.4. The third-order valence-corrected chi connectivity index (χ3v) is 2.89. The second kappa shape index (κ2) is 4.78. The molecule has 0 saturated heterocycles. The van der Waals surface area contributed by atoms with E-state index in [1.54, 1.807) is 0 Å². The van der Waals surface area contributed by atoms with E-state index in [9.17, 15) is 8.78 Å². The van der Waals surface area contributed by atoms with Crippen molar-refractivity contribution in [1.29, 1.82) is 0 Å². The van der Waals surface area contributed by atoms with Crippen LogP contribution in [0.25, 0.3) is 0 Å². The lowest BCUT2D eigenvalue weighted by Gasteiger charge is -2.04. The molecule has 3 heteroatoms. The van der Waals surface area contributed by atoms with Gasteiger partial charge in [-0.3, -0.25) is 4.99 Å². The Morgan fingerprint density at radius 2 is 2.06 bits per heavy atom. The zero-order valence-electron chi connectivity index (χ0n) is 10.0. The summed E-state index contributed by atoms with van der Waals surface area (Å²) in [5, 5.41) is 0. The van der Waals surface area contributed by atoms with E-state index in [4.69, 9.17) is 0 Å². The quantitative estimate of drug-likeness (QED) is 0.753. The predicted octanol–water partition coefficient (Wildman–Crippen LogP) is 3.89. The van der Waals surface area contributed by atoms with Crippen LogP contribution in [-0.2, 0) is 6.42 Å². The van der Waals surface area contributed by atoms with Crippen molar-refractivity contribution in [2.45, 2.75) is 26.7 Å². The molecule has 2 rings (SSSR count). The first-order valence-corrected chi connectivity index (χ1v) is 5.76. The van der Waals surface area contributed by atoms with E-state index in [1.165, 1.54) is 12.1 Å². The van der Waals surface area contributed by atoms with E-state index in [0.717, 1.165) is 23.9 Å². The van der Waals surface area contributed by atoms with Crippen molar-refractivity contribution < 1.29 is 8.78 Å². The molecular formula is C14H15F2N. The van der Waals surface area contributed by atoms with Gasteiger partial charge in [-0.05, 0) is 17.5 Å². The molecule has 0 atom stereocenters. The summed E-state index contributed by atoms with van der Waals surface area (Å²) in [5.74, 6) is -0.626. The van der Waals surface area contributed by atoms with E-state index in [0.29, 0.717) is 17.9 Å². The van der Waals surface area contributed by atoms with Crippen LogP contribution in [-0.4, -0.2) is 5.71 Å². The van der Waals surface area contributed by atoms with Crippen molar-refractivity contribution in [2.75, 3.05) is 0 Å². The van der Waals surface area contributed by atoms with Crippen molar-refractivity contribution in [2.24, 2.45) is 10.9 Å². The molecule has 0 spiro atoms. The fraction of sp³-hybridized carbons (Fsp3) is 0.357. The van der Waals surface area contributed by atoms with Crippen molar-refractivity contribution >= 4 is 5.71 Å². The Morgan fingerprint density at radius 1 is 1.29 bits per heavy atom. The number of allylic oxidation sites excluding steroid dienone is 2. The van der Waals surface area contributed by atoms with Gasteiger partial charge in [0.05, 0.1) is 0 Å². The average molecular weight is 235 g/mol. The Balaban J connectivity index is 2.12. The number of hydrogen-bond acceptors (Lipinski definition) is 1. The Bertz CT molecular complexity index is 487. The van der Waals surface area contributed by atoms with Gasteiger partial charge in [0.25, 0.3) is 0 Å². The Hall–Kier alpha value is -1.51. The molecule has 1 heterocycles. The molecule has 0 aromatic heterocycles. The molecule has 0 amide bonds. The molecule has 0 fully saturated rings. The third kappa shape index (κ3) is 2.78. The van der Waals surface area contributed by atoms with Crippen molar-refractivity contribution in [1.82, 2.24) is 0 Å². The van der Waals surface area contributed by atoms with E-state index in [2.05, 4.69) is 18.8 Å². The number of hydrogen-bond donors (Lipinski definition) is 0. The molecule has 1 aromatic carbocycles. The highest BCUT2D eigenvalue weighted by atomic mass is 19.1. The highest BCUT2D eigenvalue weighted by Crippen LogP contribution is 2.21. The fourth-order valence-electron chi connectivity index (χ4n) is 1.83. The third-order valence-electron chi connectivity index (χ3n) is 2.89. The minimum Gasteiger partial charge on any atom is -0.262 e. The number of aliphatic imine (C=N–C) groups is 1. The van der Waals surface area contributed by atoms with E-state index < -0.39 is 11.6 Å². The number of halogens is 2. The van der Waals surface area contributed by atoms with Crippen LogP contribution >= 0.6 is 0 Å². The molecular weight excluding hydrogens is 220 g/mol. The monoisotopic (exact) mass is 235 g/mol. The van der Waals surface area contributed by atoms with Gasteiger partial charge in [-0.15, -0.1) is 0 Å². The summed E-state index contributed by atoms with van der Waals surface area (Å²) in [4.78, 5) is 4.46. The van der Waals surface area contributed by atoms with Gasteiger partial charge in [0.1, 0.15) is 11.6 Å². The predicted molar refractivity (Wildman–Crippen MR) is 65.0 cm³/mol. The van der Waals surface area contributed by atoms with Crippen molar-refractivity contribution in [3.05, 3.63) is 47.2 Å². The second-order valence-electron chi connectivity index (χ2n) is 4.57. The van der Waals surface area contributed by atoms with Crippen LogP contribution in [0.3, 0.4) is 0 Å². The van der Waals surface area contributed by atoms with Gasteiger partial charge in [-0.25, -0.2) is 8.78 Å². The normalized spacial score (nSPS) is 15.1. The first kappa shape index (κ1) is 12.0. The van der Waals surface area contributed by atoms with Crippen molar-refractivity contribution in [3.63, 3.8) is 0 Å². The first-order valence-electron chi connectivity index (χ1n) is 5.76. The molecule has 90 valence electrons. The van der Waals surface area contributed by atoms with Gasteiger partial charge in [-0.2, -0.15) is 0 Å². The molecule has 0 bridgehead atoms. The largest absolute Gasteiger partial charge is 0.262 e. The lowest BCUT2D eigenvalue weighted by molar-refractivity contribution is 0.574. The van der Waals surface area contributed by atoms with Gasteiger partial charge >= 0.3 is 0 Å². The summed E-state index contributed by atoms with van der Waals surface area (Å²) in [6, 6.07) is 3.67. The molecule has 0 unspecified atom stereocenters. The van der Waals surface area contributed by atoms with Gasteiger partial charge < -0.3 is 0 Å². The molecule has 0 radical (unpaired) electrons. The van der Waals surface area contributed by atoms with Crippen molar-refractivity contribution in [3.8, 4) is 0 Å². The molecule has 0 N–H and O–H groups in total. The minimum atomic E-state index is -0.543. The van der Waals surface area contributed by atoms with Crippen LogP contribution in [0, 0.1) is 17.6 Å². The van der Waals surface area contributed by atoms with Gasteiger partial charge in [0.2, 0.25) is 0 Å². The van der Waals surface area contributed by atoms with Gasteiger partial charge in [0, 0.05) is 30.3 Å². The van der Waals surface area contributed by atoms with E-state index in [1.807, 2.05) is 6.08 Å². The van der Waals surface area contributed by atoms with Crippen LogP contribution in [0.5, 0.6) is 0 Å². The van der Waals surface area contributed by atoms with Crippen LogP contribution in [0.2, 0.25) is 0 Å². The maximum Gasteiger partial charge on any atom is 0.129 e. The van der Waals surface area contributed by atoms with E-state index in [-0.39, 0.29) is 0 Å². The Kier molecular flexibility index (Phi) is 3.36. The maximum atomic E-state index is 13.4. The lowest BCUT2D eigenvalue weighted by Crippen LogP contribution is -2.02. The second-order valence-corrected chi connectivity index (χ2v) is 4.57. The van der Waals surface area contributed by atoms with Crippen LogP contribution < -0.4 is 0 Å². The smallest absolute Gasteiger partial charge is 0.129 e. The minimum absolute atomic E-state index is 0.418. The highest BCUT2D eigenvalue weighted by Gasteiger charge is 2.13. The molecule has 1 aliphatic rings. The zero-order valence-corrected chi connectivity index (χ0v) is 10.0. The van der Waals surface area contributed by atoms with Crippen LogP contribution in [0.1, 0.15) is 25.8 Å². The zero-order chi connectivity index (χ0) is 12.4. The molecule has 1 nitrogen and oxygen atoms in total. The summed E-state index contributed by atoms with van der Waals surface area (Å²) >= 11 is 0. The van der Waals surface area contributed by atoms with Crippen LogP contribution in [0.4, 0.5) is 8.78 Å². The average Bonchev–Trinajstić information content (AvgIpc) is 2.71. The Morgan fingerprint density at radius 3 is 2.65 bits per heavy atom. The SMILES string of the molecule is CC(C)C1=NC(Cc2ccc(F)cc2F)=CC1. The number of rotatable bonds is 3. The highest BCUT2D eigenvalue weighted by molar-refractivity contribution is 5.90. The fourth-order valence-corrected chi connectivity index (χ4v) is 1.83. The first-order chi connectivity index (χ1) is 8.06. The molecule has 0 aliphatic carbocycles. The molecule has 17 heavy (non-hydrogen) atoms. The van der Waals surface area contributed by atoms with Gasteiger partial charge in [-0.1, -0.05) is 26.0 Å². The van der Waals surface area contributed by atoms with E-state index >= 15 is 0 Å². The molecule has 1 aromatic rings. The number of nitrogens with zero attached hydrogens (tertiary/aromatic N) is 1. The lowest BCUT2D eigenvalue weighted by atomic mass is 10.1. The summed E-state index contributed by atoms with van der Waals surface area (Å²) < 4.78 is 26.2. The number of benzene rings is 1. The molecule has 0 saturated carbocycles. The van der Waals surface area contributed by atoms with Crippen LogP contribution in [0.15, 0.2) is 35.0 Å². The summed E-state index contributed by atoms with van der Waals surface area (Å²) in [6.45, 7) is 4.18.